The third-order valence-electron chi connectivity index (χ3n) is 3.91. The van der Waals surface area contributed by atoms with Crippen molar-refractivity contribution in [3.8, 4) is 0 Å². The summed E-state index contributed by atoms with van der Waals surface area (Å²) in [6.07, 6.45) is 5.37. The van der Waals surface area contributed by atoms with Crippen molar-refractivity contribution in [2.75, 3.05) is 11.9 Å². The fraction of sp³-hybridized carbons (Fsp3) is 0.615. The first-order valence-electron chi connectivity index (χ1n) is 7.17. The summed E-state index contributed by atoms with van der Waals surface area (Å²) >= 11 is 6.04. The summed E-state index contributed by atoms with van der Waals surface area (Å²) in [4.78, 5) is 12.9. The molecule has 8 heteroatoms. The van der Waals surface area contributed by atoms with E-state index in [2.05, 4.69) is 20.3 Å². The summed E-state index contributed by atoms with van der Waals surface area (Å²) in [6.45, 7) is 0.0351. The summed E-state index contributed by atoms with van der Waals surface area (Å²) in [5, 5.41) is 12.7. The smallest absolute Gasteiger partial charge is 0.226 e. The first kappa shape index (κ1) is 13.2. The van der Waals surface area contributed by atoms with Crippen LogP contribution in [0.15, 0.2) is 6.33 Å². The third-order valence-corrected chi connectivity index (χ3v) is 4.08. The number of fused-ring (bicyclic) bond motifs is 1. The van der Waals surface area contributed by atoms with E-state index >= 15 is 0 Å². The van der Waals surface area contributed by atoms with E-state index in [9.17, 15) is 5.11 Å². The van der Waals surface area contributed by atoms with Crippen LogP contribution in [0.1, 0.15) is 31.9 Å². The van der Waals surface area contributed by atoms with Crippen LogP contribution in [0.2, 0.25) is 5.28 Å². The average Bonchev–Trinajstić information content (AvgIpc) is 3.01. The van der Waals surface area contributed by atoms with Gasteiger partial charge < -0.3 is 15.2 Å². The Bertz CT molecular complexity index is 672. The van der Waals surface area contributed by atoms with Gasteiger partial charge in [0.25, 0.3) is 0 Å². The number of hydrogen-bond acceptors (Lipinski definition) is 6. The molecule has 1 saturated carbocycles. The minimum atomic E-state index is -0.160. The molecule has 1 saturated heterocycles. The molecule has 21 heavy (non-hydrogen) atoms. The molecule has 0 spiro atoms. The highest BCUT2D eigenvalue weighted by atomic mass is 35.5. The molecule has 2 fully saturated rings. The molecule has 7 nitrogen and oxygen atoms in total. The Morgan fingerprint density at radius 3 is 2.90 bits per heavy atom. The molecule has 2 aromatic rings. The van der Waals surface area contributed by atoms with E-state index in [-0.39, 0.29) is 24.2 Å². The number of ether oxygens (including phenoxy) is 1. The van der Waals surface area contributed by atoms with Crippen molar-refractivity contribution >= 4 is 28.6 Å². The highest BCUT2D eigenvalue weighted by Gasteiger charge is 2.29. The van der Waals surface area contributed by atoms with E-state index in [0.29, 0.717) is 23.0 Å². The van der Waals surface area contributed by atoms with Gasteiger partial charge in [0.05, 0.1) is 19.0 Å². The molecule has 1 aliphatic heterocycles. The number of rotatable bonds is 4. The van der Waals surface area contributed by atoms with Gasteiger partial charge in [-0.1, -0.05) is 0 Å². The minimum Gasteiger partial charge on any atom is -0.394 e. The number of aliphatic hydroxyl groups excluding tert-OH is 1. The highest BCUT2D eigenvalue weighted by molar-refractivity contribution is 6.28. The number of nitrogens with one attached hydrogen (secondary N) is 1. The fourth-order valence-electron chi connectivity index (χ4n) is 2.65. The topological polar surface area (TPSA) is 85.1 Å². The summed E-state index contributed by atoms with van der Waals surface area (Å²) in [6, 6.07) is 0.464. The molecule has 2 aliphatic rings. The molecule has 0 radical (unpaired) electrons. The third kappa shape index (κ3) is 2.45. The van der Waals surface area contributed by atoms with Gasteiger partial charge >= 0.3 is 0 Å². The molecular weight excluding hydrogens is 294 g/mol. The van der Waals surface area contributed by atoms with E-state index in [1.165, 1.54) is 0 Å². The van der Waals surface area contributed by atoms with Gasteiger partial charge in [-0.2, -0.15) is 9.97 Å². The van der Waals surface area contributed by atoms with Crippen LogP contribution < -0.4 is 5.32 Å². The van der Waals surface area contributed by atoms with Gasteiger partial charge in [-0.25, -0.2) is 4.98 Å². The van der Waals surface area contributed by atoms with Crippen LogP contribution in [0.25, 0.3) is 11.2 Å². The lowest BCUT2D eigenvalue weighted by molar-refractivity contribution is -0.0207. The maximum Gasteiger partial charge on any atom is 0.226 e. The van der Waals surface area contributed by atoms with Crippen molar-refractivity contribution in [2.24, 2.45) is 0 Å². The van der Waals surface area contributed by atoms with Crippen LogP contribution in [0.3, 0.4) is 0 Å². The summed E-state index contributed by atoms with van der Waals surface area (Å²) in [7, 11) is 0. The SMILES string of the molecule is OCC1CCC(n2cnc3c(NC4CC4)nc(Cl)nc32)O1. The van der Waals surface area contributed by atoms with Crippen molar-refractivity contribution in [1.29, 1.82) is 0 Å². The van der Waals surface area contributed by atoms with Crippen molar-refractivity contribution in [2.45, 2.75) is 44.1 Å². The predicted molar refractivity (Wildman–Crippen MR) is 77.2 cm³/mol. The van der Waals surface area contributed by atoms with Gasteiger partial charge in [0.15, 0.2) is 17.0 Å². The molecule has 0 bridgehead atoms. The van der Waals surface area contributed by atoms with E-state index in [1.807, 2.05) is 4.57 Å². The van der Waals surface area contributed by atoms with Crippen molar-refractivity contribution in [3.05, 3.63) is 11.6 Å². The predicted octanol–water partition coefficient (Wildman–Crippen LogP) is 1.72. The quantitative estimate of drug-likeness (QED) is 0.837. The zero-order chi connectivity index (χ0) is 14.4. The number of aliphatic hydroxyl groups is 1. The van der Waals surface area contributed by atoms with Gasteiger partial charge in [-0.15, -0.1) is 0 Å². The van der Waals surface area contributed by atoms with Crippen LogP contribution in [0, 0.1) is 0 Å². The molecule has 2 N–H and O–H groups in total. The molecule has 0 aromatic carbocycles. The minimum absolute atomic E-state index is 0.0351. The lowest BCUT2D eigenvalue weighted by Crippen LogP contribution is -2.14. The lowest BCUT2D eigenvalue weighted by atomic mass is 10.2. The second-order valence-corrected chi connectivity index (χ2v) is 5.89. The molecule has 4 rings (SSSR count). The Kier molecular flexibility index (Phi) is 3.20. The Balaban J connectivity index is 1.71. The van der Waals surface area contributed by atoms with E-state index in [1.54, 1.807) is 6.33 Å². The van der Waals surface area contributed by atoms with Crippen LogP contribution in [-0.4, -0.2) is 43.4 Å². The maximum atomic E-state index is 9.18. The molecule has 112 valence electrons. The Labute approximate surface area is 126 Å². The van der Waals surface area contributed by atoms with Crippen LogP contribution in [0.5, 0.6) is 0 Å². The van der Waals surface area contributed by atoms with Gasteiger partial charge in [0.2, 0.25) is 5.28 Å². The number of hydrogen-bond donors (Lipinski definition) is 2. The Morgan fingerprint density at radius 2 is 2.19 bits per heavy atom. The maximum absolute atomic E-state index is 9.18. The summed E-state index contributed by atoms with van der Waals surface area (Å²) in [5.74, 6) is 0.683. The van der Waals surface area contributed by atoms with Crippen LogP contribution >= 0.6 is 11.6 Å². The van der Waals surface area contributed by atoms with E-state index in [0.717, 1.165) is 25.7 Å². The molecule has 0 amide bonds. The molecule has 3 heterocycles. The Hall–Kier alpha value is -1.44. The molecular formula is C13H16ClN5O2. The van der Waals surface area contributed by atoms with E-state index < -0.39 is 0 Å². The summed E-state index contributed by atoms with van der Waals surface area (Å²) < 4.78 is 7.66. The summed E-state index contributed by atoms with van der Waals surface area (Å²) in [5.41, 5.74) is 1.38. The van der Waals surface area contributed by atoms with Crippen LogP contribution in [-0.2, 0) is 4.74 Å². The van der Waals surface area contributed by atoms with E-state index in [4.69, 9.17) is 16.3 Å². The lowest BCUT2D eigenvalue weighted by Gasteiger charge is -2.14. The second kappa shape index (κ2) is 5.08. The van der Waals surface area contributed by atoms with Gasteiger partial charge in [0.1, 0.15) is 6.23 Å². The number of aromatic nitrogens is 4. The number of imidazole rings is 1. The molecule has 2 atom stereocenters. The standard InChI is InChI=1S/C13H16ClN5O2/c14-13-17-11(16-7-1-2-7)10-12(18-13)19(6-15-10)9-4-3-8(5-20)21-9/h6-9,20H,1-5H2,(H,16,17,18). The zero-order valence-corrected chi connectivity index (χ0v) is 12.1. The van der Waals surface area contributed by atoms with Gasteiger partial charge in [0, 0.05) is 6.04 Å². The second-order valence-electron chi connectivity index (χ2n) is 5.56. The van der Waals surface area contributed by atoms with Crippen molar-refractivity contribution in [1.82, 2.24) is 19.5 Å². The van der Waals surface area contributed by atoms with Crippen LogP contribution in [0.4, 0.5) is 5.82 Å². The zero-order valence-electron chi connectivity index (χ0n) is 11.4. The van der Waals surface area contributed by atoms with Crippen molar-refractivity contribution < 1.29 is 9.84 Å². The molecule has 2 aromatic heterocycles. The number of halogens is 1. The highest BCUT2D eigenvalue weighted by Crippen LogP contribution is 2.33. The largest absolute Gasteiger partial charge is 0.394 e. The normalized spacial score (nSPS) is 25.6. The fourth-order valence-corrected chi connectivity index (χ4v) is 2.81. The van der Waals surface area contributed by atoms with Gasteiger partial charge in [-0.05, 0) is 37.3 Å². The molecule has 2 unspecified atom stereocenters. The molecule has 1 aliphatic carbocycles. The number of nitrogens with zero attached hydrogens (tertiary/aromatic N) is 4. The Morgan fingerprint density at radius 1 is 1.33 bits per heavy atom. The average molecular weight is 310 g/mol. The van der Waals surface area contributed by atoms with Crippen molar-refractivity contribution in [3.63, 3.8) is 0 Å². The first-order valence-corrected chi connectivity index (χ1v) is 7.55. The number of anilines is 1. The van der Waals surface area contributed by atoms with Gasteiger partial charge in [-0.3, -0.25) is 4.57 Å². The monoisotopic (exact) mass is 309 g/mol. The first-order chi connectivity index (χ1) is 10.2.